The van der Waals surface area contributed by atoms with Gasteiger partial charge in [-0.1, -0.05) is 30.3 Å². The van der Waals surface area contributed by atoms with Gasteiger partial charge >= 0.3 is 7.60 Å². The van der Waals surface area contributed by atoms with Crippen LogP contribution in [0, 0.1) is 10.1 Å². The molecule has 2 aromatic rings. The Bertz CT molecular complexity index is 719. The number of nitrogens with zero attached hydrogens (tertiary/aromatic N) is 1. The van der Waals surface area contributed by atoms with Gasteiger partial charge in [0.1, 0.15) is 0 Å². The van der Waals surface area contributed by atoms with Crippen molar-refractivity contribution in [2.75, 3.05) is 6.61 Å². The van der Waals surface area contributed by atoms with Crippen LogP contribution in [0.2, 0.25) is 0 Å². The molecule has 0 aliphatic heterocycles. The first-order valence-corrected chi connectivity index (χ1v) is 8.74. The topological polar surface area (TPSA) is 78.7 Å². The predicted octanol–water partition coefficient (Wildman–Crippen LogP) is 4.23. The average molecular weight is 335 g/mol. The highest BCUT2D eigenvalue weighted by molar-refractivity contribution is 7.62. The van der Waals surface area contributed by atoms with E-state index in [0.717, 1.165) is 0 Å². The summed E-state index contributed by atoms with van der Waals surface area (Å²) >= 11 is 0. The lowest BCUT2D eigenvalue weighted by atomic mass is 10.1. The number of rotatable bonds is 7. The minimum atomic E-state index is -3.57. The van der Waals surface area contributed by atoms with Gasteiger partial charge in [0.2, 0.25) is 0 Å². The highest BCUT2D eigenvalue weighted by Crippen LogP contribution is 2.51. The van der Waals surface area contributed by atoms with Crippen molar-refractivity contribution in [3.63, 3.8) is 0 Å². The number of benzene rings is 2. The Morgan fingerprint density at radius 2 is 1.74 bits per heavy atom. The van der Waals surface area contributed by atoms with Crippen LogP contribution in [0.1, 0.15) is 25.5 Å². The van der Waals surface area contributed by atoms with Crippen LogP contribution in [-0.4, -0.2) is 11.5 Å². The fraction of sp³-hybridized carbons (Fsp3) is 0.250. The van der Waals surface area contributed by atoms with E-state index in [4.69, 9.17) is 9.05 Å². The molecule has 0 aromatic heterocycles. The lowest BCUT2D eigenvalue weighted by molar-refractivity contribution is -0.386. The molecule has 0 radical (unpaired) electrons. The molecule has 0 saturated heterocycles. The van der Waals surface area contributed by atoms with Crippen LogP contribution in [0.4, 0.5) is 5.69 Å². The highest BCUT2D eigenvalue weighted by atomic mass is 31.2. The largest absolute Gasteiger partial charge is 0.361 e. The molecule has 7 heteroatoms. The van der Waals surface area contributed by atoms with E-state index in [1.165, 1.54) is 6.07 Å². The molecule has 2 aromatic carbocycles. The molecule has 23 heavy (non-hydrogen) atoms. The first-order valence-electron chi connectivity index (χ1n) is 7.20. The second kappa shape index (κ2) is 7.51. The summed E-state index contributed by atoms with van der Waals surface area (Å²) < 4.78 is 24.1. The summed E-state index contributed by atoms with van der Waals surface area (Å²) in [5.41, 5.74) is 0.282. The summed E-state index contributed by atoms with van der Waals surface area (Å²) in [5, 5.41) is 11.6. The molecule has 0 amide bonds. The second-order valence-electron chi connectivity index (χ2n) is 4.81. The van der Waals surface area contributed by atoms with Crippen molar-refractivity contribution in [3.05, 3.63) is 70.3 Å². The molecule has 2 unspecified atom stereocenters. The molecule has 0 N–H and O–H groups in total. The van der Waals surface area contributed by atoms with Gasteiger partial charge in [-0.05, 0) is 32.0 Å². The number of hydrogen-bond donors (Lipinski definition) is 0. The van der Waals surface area contributed by atoms with Gasteiger partial charge < -0.3 is 4.52 Å². The van der Waals surface area contributed by atoms with E-state index in [-0.39, 0.29) is 12.3 Å². The van der Waals surface area contributed by atoms with Crippen molar-refractivity contribution < 1.29 is 18.5 Å². The molecular weight excluding hydrogens is 317 g/mol. The zero-order valence-corrected chi connectivity index (χ0v) is 13.8. The SMILES string of the molecule is CCOP(=O)(OC(C)c1ccccc1[N+](=O)[O-])c1ccccc1. The highest BCUT2D eigenvalue weighted by Gasteiger charge is 2.32. The number of para-hydroxylation sites is 1. The molecule has 2 atom stereocenters. The van der Waals surface area contributed by atoms with Gasteiger partial charge in [0.15, 0.2) is 0 Å². The van der Waals surface area contributed by atoms with Crippen LogP contribution in [0.5, 0.6) is 0 Å². The van der Waals surface area contributed by atoms with E-state index >= 15 is 0 Å². The maximum Gasteiger partial charge on any atom is 0.361 e. The minimum Gasteiger partial charge on any atom is -0.305 e. The van der Waals surface area contributed by atoms with Gasteiger partial charge in [0, 0.05) is 6.07 Å². The van der Waals surface area contributed by atoms with Crippen LogP contribution in [0.15, 0.2) is 54.6 Å². The van der Waals surface area contributed by atoms with Crippen molar-refractivity contribution in [2.24, 2.45) is 0 Å². The third-order valence-corrected chi connectivity index (χ3v) is 5.36. The standard InChI is InChI=1S/C16H18NO5P/c1-3-21-23(20,14-9-5-4-6-10-14)22-13(2)15-11-7-8-12-16(15)17(18)19/h4-13H,3H2,1-2H3. The molecule has 0 aliphatic carbocycles. The van der Waals surface area contributed by atoms with Crippen LogP contribution in [0.3, 0.4) is 0 Å². The normalized spacial score (nSPS) is 14.9. The monoisotopic (exact) mass is 335 g/mol. The van der Waals surface area contributed by atoms with E-state index in [2.05, 4.69) is 0 Å². The predicted molar refractivity (Wildman–Crippen MR) is 87.9 cm³/mol. The summed E-state index contributed by atoms with van der Waals surface area (Å²) in [7, 11) is -3.57. The number of hydrogen-bond acceptors (Lipinski definition) is 5. The fourth-order valence-electron chi connectivity index (χ4n) is 2.21. The van der Waals surface area contributed by atoms with E-state index in [1.54, 1.807) is 62.4 Å². The number of nitro groups is 1. The molecule has 0 fully saturated rings. The van der Waals surface area contributed by atoms with Gasteiger partial charge in [-0.15, -0.1) is 0 Å². The zero-order chi connectivity index (χ0) is 16.9. The Hall–Kier alpha value is -2.01. The Morgan fingerprint density at radius 3 is 2.35 bits per heavy atom. The summed E-state index contributed by atoms with van der Waals surface area (Å²) in [6.45, 7) is 3.54. The van der Waals surface area contributed by atoms with Gasteiger partial charge in [-0.2, -0.15) is 0 Å². The third-order valence-electron chi connectivity index (χ3n) is 3.24. The Kier molecular flexibility index (Phi) is 5.66. The van der Waals surface area contributed by atoms with Gasteiger partial charge in [0.25, 0.3) is 5.69 Å². The van der Waals surface area contributed by atoms with Gasteiger partial charge in [-0.25, -0.2) is 0 Å². The lowest BCUT2D eigenvalue weighted by Gasteiger charge is -2.22. The fourth-order valence-corrected chi connectivity index (χ4v) is 3.95. The van der Waals surface area contributed by atoms with Crippen molar-refractivity contribution in [1.82, 2.24) is 0 Å². The first kappa shape index (κ1) is 17.3. The van der Waals surface area contributed by atoms with E-state index < -0.39 is 18.6 Å². The maximum atomic E-state index is 13.1. The quantitative estimate of drug-likeness (QED) is 0.430. The molecule has 6 nitrogen and oxygen atoms in total. The molecular formula is C16H18NO5P. The van der Waals surface area contributed by atoms with Crippen LogP contribution < -0.4 is 5.30 Å². The minimum absolute atomic E-state index is 0.0730. The van der Waals surface area contributed by atoms with E-state index in [1.807, 2.05) is 0 Å². The average Bonchev–Trinajstić information content (AvgIpc) is 2.55. The first-order chi connectivity index (χ1) is 11.0. The second-order valence-corrected chi connectivity index (χ2v) is 6.79. The van der Waals surface area contributed by atoms with Crippen molar-refractivity contribution >= 4 is 18.6 Å². The van der Waals surface area contributed by atoms with Crippen LogP contribution in [-0.2, 0) is 13.6 Å². The lowest BCUT2D eigenvalue weighted by Crippen LogP contribution is -2.13. The summed E-state index contributed by atoms with van der Waals surface area (Å²) in [6, 6.07) is 14.8. The summed E-state index contributed by atoms with van der Waals surface area (Å²) in [4.78, 5) is 10.7. The van der Waals surface area contributed by atoms with Crippen molar-refractivity contribution in [2.45, 2.75) is 20.0 Å². The van der Waals surface area contributed by atoms with Crippen LogP contribution in [0.25, 0.3) is 0 Å². The molecule has 0 aliphatic rings. The molecule has 122 valence electrons. The Balaban J connectivity index is 2.35. The summed E-state index contributed by atoms with van der Waals surface area (Å²) in [5.74, 6) is 0. The molecule has 0 heterocycles. The van der Waals surface area contributed by atoms with Gasteiger partial charge in [0.05, 0.1) is 28.5 Å². The molecule has 2 rings (SSSR count). The Labute approximate surface area is 134 Å². The third kappa shape index (κ3) is 4.05. The number of nitro benzene ring substituents is 1. The van der Waals surface area contributed by atoms with E-state index in [0.29, 0.717) is 10.9 Å². The Morgan fingerprint density at radius 1 is 1.13 bits per heavy atom. The molecule has 0 bridgehead atoms. The van der Waals surface area contributed by atoms with Gasteiger partial charge in [-0.3, -0.25) is 19.2 Å². The van der Waals surface area contributed by atoms with Crippen molar-refractivity contribution in [1.29, 1.82) is 0 Å². The van der Waals surface area contributed by atoms with Crippen molar-refractivity contribution in [3.8, 4) is 0 Å². The van der Waals surface area contributed by atoms with Crippen LogP contribution >= 0.6 is 7.60 Å². The summed E-state index contributed by atoms with van der Waals surface area (Å²) in [6.07, 6.45) is -0.755. The smallest absolute Gasteiger partial charge is 0.305 e. The zero-order valence-electron chi connectivity index (χ0n) is 12.9. The maximum absolute atomic E-state index is 13.1. The van der Waals surface area contributed by atoms with E-state index in [9.17, 15) is 14.7 Å². The molecule has 0 spiro atoms. The molecule has 0 saturated carbocycles.